The van der Waals surface area contributed by atoms with Gasteiger partial charge in [0, 0.05) is 7.05 Å². The Kier molecular flexibility index (Phi) is 5.03. The third kappa shape index (κ3) is 3.38. The molecule has 22 heavy (non-hydrogen) atoms. The Morgan fingerprint density at radius 1 is 1.41 bits per heavy atom. The lowest BCUT2D eigenvalue weighted by Gasteiger charge is -2.08. The standard InChI is InChI=1S/C14H18FN5O2/c1-4-6-10(2)16-22-9-11-12(15)7-5-8-13(11)20-14(21)19(3)17-18-20/h5,7-8H,4,6,9H2,1-3H3. The Balaban J connectivity index is 2.30. The van der Waals surface area contributed by atoms with Crippen LogP contribution in [0.25, 0.3) is 5.69 Å². The molecule has 0 aliphatic heterocycles. The second-order valence-electron chi connectivity index (χ2n) is 4.88. The van der Waals surface area contributed by atoms with Crippen molar-refractivity contribution >= 4 is 5.71 Å². The van der Waals surface area contributed by atoms with Crippen LogP contribution in [-0.2, 0) is 18.5 Å². The van der Waals surface area contributed by atoms with Crippen molar-refractivity contribution < 1.29 is 9.23 Å². The van der Waals surface area contributed by atoms with Crippen molar-refractivity contribution in [3.05, 3.63) is 40.1 Å². The van der Waals surface area contributed by atoms with Crippen LogP contribution in [0.1, 0.15) is 32.3 Å². The van der Waals surface area contributed by atoms with Crippen LogP contribution in [0.2, 0.25) is 0 Å². The lowest BCUT2D eigenvalue weighted by molar-refractivity contribution is 0.127. The van der Waals surface area contributed by atoms with Crippen LogP contribution in [0.3, 0.4) is 0 Å². The maximum Gasteiger partial charge on any atom is 0.368 e. The first-order chi connectivity index (χ1) is 10.5. The number of rotatable bonds is 6. The molecule has 1 aromatic heterocycles. The summed E-state index contributed by atoms with van der Waals surface area (Å²) in [4.78, 5) is 17.1. The fraction of sp³-hybridized carbons (Fsp3) is 0.429. The van der Waals surface area contributed by atoms with E-state index in [4.69, 9.17) is 4.84 Å². The van der Waals surface area contributed by atoms with E-state index in [2.05, 4.69) is 15.6 Å². The summed E-state index contributed by atoms with van der Waals surface area (Å²) in [6.45, 7) is 3.79. The van der Waals surface area contributed by atoms with Crippen LogP contribution < -0.4 is 5.69 Å². The normalized spacial score (nSPS) is 11.7. The number of aromatic nitrogens is 4. The molecule has 0 aliphatic carbocycles. The van der Waals surface area contributed by atoms with Gasteiger partial charge in [0.05, 0.1) is 17.0 Å². The third-order valence-electron chi connectivity index (χ3n) is 3.09. The van der Waals surface area contributed by atoms with E-state index in [0.717, 1.165) is 27.9 Å². The number of halogens is 1. The summed E-state index contributed by atoms with van der Waals surface area (Å²) in [6, 6.07) is 4.38. The SMILES string of the molecule is CCCC(C)=NOCc1c(F)cccc1-n1nnn(C)c1=O. The summed E-state index contributed by atoms with van der Waals surface area (Å²) in [5.74, 6) is -0.488. The first kappa shape index (κ1) is 15.9. The van der Waals surface area contributed by atoms with Gasteiger partial charge in [0.2, 0.25) is 0 Å². The van der Waals surface area contributed by atoms with E-state index >= 15 is 0 Å². The van der Waals surface area contributed by atoms with Crippen LogP contribution >= 0.6 is 0 Å². The van der Waals surface area contributed by atoms with E-state index < -0.39 is 11.5 Å². The van der Waals surface area contributed by atoms with Crippen LogP contribution in [0, 0.1) is 5.82 Å². The van der Waals surface area contributed by atoms with Gasteiger partial charge in [0.25, 0.3) is 0 Å². The van der Waals surface area contributed by atoms with Crippen molar-refractivity contribution in [1.82, 2.24) is 19.8 Å². The minimum atomic E-state index is -0.488. The highest BCUT2D eigenvalue weighted by atomic mass is 19.1. The fourth-order valence-corrected chi connectivity index (χ4v) is 1.97. The number of hydrogen-bond donors (Lipinski definition) is 0. The topological polar surface area (TPSA) is 74.3 Å². The van der Waals surface area contributed by atoms with Crippen molar-refractivity contribution in [2.24, 2.45) is 12.2 Å². The number of oxime groups is 1. The Bertz CT molecular complexity index is 735. The zero-order chi connectivity index (χ0) is 16.1. The Labute approximate surface area is 127 Å². The Hall–Kier alpha value is -2.51. The van der Waals surface area contributed by atoms with Crippen molar-refractivity contribution in [3.63, 3.8) is 0 Å². The van der Waals surface area contributed by atoms with Gasteiger partial charge >= 0.3 is 5.69 Å². The van der Waals surface area contributed by atoms with Crippen LogP contribution in [0.15, 0.2) is 28.1 Å². The maximum atomic E-state index is 14.0. The van der Waals surface area contributed by atoms with E-state index in [1.54, 1.807) is 6.07 Å². The molecule has 0 atom stereocenters. The van der Waals surface area contributed by atoms with Gasteiger partial charge in [-0.15, -0.1) is 0 Å². The molecule has 2 aromatic rings. The molecule has 0 unspecified atom stereocenters. The molecule has 0 N–H and O–H groups in total. The average Bonchev–Trinajstić information content (AvgIpc) is 2.81. The zero-order valence-electron chi connectivity index (χ0n) is 12.8. The van der Waals surface area contributed by atoms with Gasteiger partial charge in [-0.1, -0.05) is 24.6 Å². The highest BCUT2D eigenvalue weighted by Gasteiger charge is 2.15. The molecule has 0 radical (unpaired) electrons. The monoisotopic (exact) mass is 307 g/mol. The predicted molar refractivity (Wildman–Crippen MR) is 79.4 cm³/mol. The molecule has 7 nitrogen and oxygen atoms in total. The van der Waals surface area contributed by atoms with Crippen LogP contribution in [-0.4, -0.2) is 25.5 Å². The average molecular weight is 307 g/mol. The summed E-state index contributed by atoms with van der Waals surface area (Å²) >= 11 is 0. The molecule has 0 amide bonds. The van der Waals surface area contributed by atoms with E-state index in [9.17, 15) is 9.18 Å². The Morgan fingerprint density at radius 3 is 2.82 bits per heavy atom. The molecular formula is C14H18FN5O2. The second-order valence-corrected chi connectivity index (χ2v) is 4.88. The lowest BCUT2D eigenvalue weighted by Crippen LogP contribution is -2.23. The first-order valence-electron chi connectivity index (χ1n) is 6.96. The van der Waals surface area contributed by atoms with E-state index in [0.29, 0.717) is 5.69 Å². The minimum absolute atomic E-state index is 0.0912. The molecule has 0 aliphatic rings. The molecule has 0 spiro atoms. The quantitative estimate of drug-likeness (QED) is 0.602. The number of tetrazole rings is 1. The van der Waals surface area contributed by atoms with Crippen molar-refractivity contribution in [1.29, 1.82) is 0 Å². The number of hydrogen-bond acceptors (Lipinski definition) is 5. The highest BCUT2D eigenvalue weighted by molar-refractivity contribution is 5.81. The fourth-order valence-electron chi connectivity index (χ4n) is 1.97. The smallest absolute Gasteiger partial charge is 0.368 e. The second kappa shape index (κ2) is 6.97. The molecule has 0 bridgehead atoms. The Morgan fingerprint density at radius 2 is 2.18 bits per heavy atom. The van der Waals surface area contributed by atoms with E-state index in [1.807, 2.05) is 13.8 Å². The molecule has 0 saturated heterocycles. The van der Waals surface area contributed by atoms with Gasteiger partial charge in [-0.2, -0.15) is 9.36 Å². The van der Waals surface area contributed by atoms with E-state index in [1.165, 1.54) is 19.2 Å². The zero-order valence-corrected chi connectivity index (χ0v) is 12.8. The predicted octanol–water partition coefficient (Wildman–Crippen LogP) is 1.80. The largest absolute Gasteiger partial charge is 0.391 e. The summed E-state index contributed by atoms with van der Waals surface area (Å²) in [5.41, 5.74) is 0.870. The van der Waals surface area contributed by atoms with Gasteiger partial charge in [-0.25, -0.2) is 9.18 Å². The van der Waals surface area contributed by atoms with Gasteiger partial charge in [-0.3, -0.25) is 0 Å². The van der Waals surface area contributed by atoms with Gasteiger partial charge in [-0.05, 0) is 35.9 Å². The highest BCUT2D eigenvalue weighted by Crippen LogP contribution is 2.17. The number of benzene rings is 1. The first-order valence-corrected chi connectivity index (χ1v) is 6.96. The number of nitrogens with zero attached hydrogens (tertiary/aromatic N) is 5. The molecule has 0 fully saturated rings. The molecule has 1 heterocycles. The van der Waals surface area contributed by atoms with Crippen molar-refractivity contribution in [2.45, 2.75) is 33.3 Å². The van der Waals surface area contributed by atoms with Gasteiger partial charge in [0.1, 0.15) is 12.4 Å². The number of aryl methyl sites for hydroxylation is 1. The van der Waals surface area contributed by atoms with E-state index in [-0.39, 0.29) is 12.2 Å². The molecule has 8 heteroatoms. The summed E-state index contributed by atoms with van der Waals surface area (Å²) in [5, 5.41) is 11.3. The van der Waals surface area contributed by atoms with Crippen LogP contribution in [0.5, 0.6) is 0 Å². The lowest BCUT2D eigenvalue weighted by atomic mass is 10.2. The van der Waals surface area contributed by atoms with Gasteiger partial charge in [0.15, 0.2) is 0 Å². The molecular weight excluding hydrogens is 289 g/mol. The van der Waals surface area contributed by atoms with Crippen molar-refractivity contribution in [2.75, 3.05) is 0 Å². The summed E-state index contributed by atoms with van der Waals surface area (Å²) < 4.78 is 16.1. The molecule has 1 aromatic carbocycles. The molecule has 2 rings (SSSR count). The van der Waals surface area contributed by atoms with Crippen molar-refractivity contribution in [3.8, 4) is 5.69 Å². The molecule has 0 saturated carbocycles. The summed E-state index contributed by atoms with van der Waals surface area (Å²) in [7, 11) is 1.47. The molecule has 118 valence electrons. The van der Waals surface area contributed by atoms with Gasteiger partial charge < -0.3 is 4.84 Å². The van der Waals surface area contributed by atoms with Crippen LogP contribution in [0.4, 0.5) is 4.39 Å². The third-order valence-corrected chi connectivity index (χ3v) is 3.09. The minimum Gasteiger partial charge on any atom is -0.391 e. The summed E-state index contributed by atoms with van der Waals surface area (Å²) in [6.07, 6.45) is 1.77. The maximum absolute atomic E-state index is 14.0.